The summed E-state index contributed by atoms with van der Waals surface area (Å²) in [5.41, 5.74) is 0. The Bertz CT molecular complexity index is 245. The second kappa shape index (κ2) is 6.88. The van der Waals surface area contributed by atoms with Gasteiger partial charge in [-0.3, -0.25) is 4.90 Å². The Balaban J connectivity index is 1.90. The molecule has 1 aliphatic carbocycles. The third kappa shape index (κ3) is 3.25. The quantitative estimate of drug-likeness (QED) is 0.786. The minimum atomic E-state index is 0.333. The molecule has 0 bridgehead atoms. The molecule has 4 unspecified atom stereocenters. The number of likely N-dealkylation sites (tertiary alicyclic amines) is 1. The van der Waals surface area contributed by atoms with Crippen LogP contribution in [0.2, 0.25) is 0 Å². The van der Waals surface area contributed by atoms with Crippen LogP contribution in [0.5, 0.6) is 0 Å². The van der Waals surface area contributed by atoms with Gasteiger partial charge in [0.2, 0.25) is 0 Å². The van der Waals surface area contributed by atoms with E-state index in [1.165, 1.54) is 45.2 Å². The number of rotatable bonds is 5. The van der Waals surface area contributed by atoms with E-state index in [0.717, 1.165) is 12.5 Å². The van der Waals surface area contributed by atoms with Crippen molar-refractivity contribution in [1.82, 2.24) is 10.2 Å². The highest BCUT2D eigenvalue weighted by molar-refractivity contribution is 4.89. The van der Waals surface area contributed by atoms with E-state index in [2.05, 4.69) is 24.1 Å². The Morgan fingerprint density at radius 2 is 2.00 bits per heavy atom. The first kappa shape index (κ1) is 14.3. The fourth-order valence-corrected chi connectivity index (χ4v) is 3.87. The van der Waals surface area contributed by atoms with Gasteiger partial charge in [-0.05, 0) is 44.2 Å². The first-order chi connectivity index (χ1) is 8.76. The van der Waals surface area contributed by atoms with Gasteiger partial charge in [-0.1, -0.05) is 26.7 Å². The molecule has 0 radical (unpaired) electrons. The fourth-order valence-electron chi connectivity index (χ4n) is 3.87. The van der Waals surface area contributed by atoms with Crippen molar-refractivity contribution in [1.29, 1.82) is 0 Å². The van der Waals surface area contributed by atoms with Crippen molar-refractivity contribution in [3.8, 4) is 0 Å². The molecule has 3 nitrogen and oxygen atoms in total. The third-order valence-electron chi connectivity index (χ3n) is 5.03. The van der Waals surface area contributed by atoms with Crippen molar-refractivity contribution < 1.29 is 5.11 Å². The highest BCUT2D eigenvalue weighted by Gasteiger charge is 2.34. The summed E-state index contributed by atoms with van der Waals surface area (Å²) in [5, 5.41) is 13.2. The molecule has 4 atom stereocenters. The maximum atomic E-state index is 9.55. The van der Waals surface area contributed by atoms with Gasteiger partial charge in [0.15, 0.2) is 0 Å². The van der Waals surface area contributed by atoms with Gasteiger partial charge in [-0.25, -0.2) is 0 Å². The van der Waals surface area contributed by atoms with E-state index in [0.29, 0.717) is 24.6 Å². The van der Waals surface area contributed by atoms with Gasteiger partial charge in [0.1, 0.15) is 0 Å². The zero-order chi connectivity index (χ0) is 13.0. The summed E-state index contributed by atoms with van der Waals surface area (Å²) >= 11 is 0. The van der Waals surface area contributed by atoms with Crippen molar-refractivity contribution >= 4 is 0 Å². The summed E-state index contributed by atoms with van der Waals surface area (Å²) in [6, 6.07) is 1.12. The van der Waals surface area contributed by atoms with E-state index in [4.69, 9.17) is 0 Å². The van der Waals surface area contributed by atoms with Crippen molar-refractivity contribution in [2.45, 2.75) is 58.0 Å². The molecule has 106 valence electrons. The van der Waals surface area contributed by atoms with Crippen molar-refractivity contribution in [3.63, 3.8) is 0 Å². The molecule has 1 saturated carbocycles. The van der Waals surface area contributed by atoms with E-state index < -0.39 is 0 Å². The number of aliphatic hydroxyl groups excluding tert-OH is 1. The summed E-state index contributed by atoms with van der Waals surface area (Å²) in [6.07, 6.45) is 6.73. The Morgan fingerprint density at radius 1 is 1.22 bits per heavy atom. The normalized spacial score (nSPS) is 38.2. The molecule has 0 aromatic rings. The minimum Gasteiger partial charge on any atom is -0.395 e. The van der Waals surface area contributed by atoms with Gasteiger partial charge >= 0.3 is 0 Å². The molecule has 1 heterocycles. The van der Waals surface area contributed by atoms with Gasteiger partial charge in [0.25, 0.3) is 0 Å². The van der Waals surface area contributed by atoms with Crippen molar-refractivity contribution in [2.75, 3.05) is 26.2 Å². The molecule has 2 N–H and O–H groups in total. The zero-order valence-electron chi connectivity index (χ0n) is 12.1. The number of nitrogens with one attached hydrogen (secondary N) is 1. The highest BCUT2D eigenvalue weighted by atomic mass is 16.3. The number of nitrogens with zero attached hydrogens (tertiary/aromatic N) is 1. The number of aliphatic hydroxyl groups is 1. The maximum Gasteiger partial charge on any atom is 0.0589 e. The highest BCUT2D eigenvalue weighted by Crippen LogP contribution is 2.30. The van der Waals surface area contributed by atoms with Crippen LogP contribution in [0, 0.1) is 11.8 Å². The molecule has 2 rings (SSSR count). The van der Waals surface area contributed by atoms with Crippen LogP contribution in [0.25, 0.3) is 0 Å². The minimum absolute atomic E-state index is 0.333. The second-order valence-corrected chi connectivity index (χ2v) is 6.22. The smallest absolute Gasteiger partial charge is 0.0589 e. The number of hydrogen-bond donors (Lipinski definition) is 2. The lowest BCUT2D eigenvalue weighted by molar-refractivity contribution is 0.105. The average Bonchev–Trinajstić information content (AvgIpc) is 2.72. The molecule has 3 heteroatoms. The molecule has 1 aliphatic heterocycles. The Hall–Kier alpha value is -0.120. The van der Waals surface area contributed by atoms with Crippen LogP contribution in [0.3, 0.4) is 0 Å². The topological polar surface area (TPSA) is 35.5 Å². The summed E-state index contributed by atoms with van der Waals surface area (Å²) < 4.78 is 0. The van der Waals surface area contributed by atoms with E-state index in [-0.39, 0.29) is 0 Å². The van der Waals surface area contributed by atoms with Gasteiger partial charge in [-0.2, -0.15) is 0 Å². The Labute approximate surface area is 112 Å². The van der Waals surface area contributed by atoms with Crippen LogP contribution in [0.15, 0.2) is 0 Å². The summed E-state index contributed by atoms with van der Waals surface area (Å²) in [5.74, 6) is 1.45. The lowest BCUT2D eigenvalue weighted by Crippen LogP contribution is -2.46. The van der Waals surface area contributed by atoms with E-state index in [1.807, 2.05) is 0 Å². The lowest BCUT2D eigenvalue weighted by atomic mass is 9.84. The molecule has 18 heavy (non-hydrogen) atoms. The number of hydrogen-bond acceptors (Lipinski definition) is 3. The summed E-state index contributed by atoms with van der Waals surface area (Å²) in [6.45, 7) is 8.28. The van der Waals surface area contributed by atoms with Crippen LogP contribution in [-0.2, 0) is 0 Å². The SMILES string of the molecule is CCNC1CCCCC1CN1CCC(C)C1CO. The van der Waals surface area contributed by atoms with Gasteiger partial charge in [-0.15, -0.1) is 0 Å². The summed E-state index contributed by atoms with van der Waals surface area (Å²) in [4.78, 5) is 2.55. The van der Waals surface area contributed by atoms with Crippen LogP contribution in [0.1, 0.15) is 46.0 Å². The van der Waals surface area contributed by atoms with Crippen LogP contribution >= 0.6 is 0 Å². The molecule has 2 fully saturated rings. The van der Waals surface area contributed by atoms with Crippen LogP contribution < -0.4 is 5.32 Å². The molecule has 1 saturated heterocycles. The standard InChI is InChI=1S/C15H30N2O/c1-3-16-14-7-5-4-6-13(14)10-17-9-8-12(2)15(17)11-18/h12-16,18H,3-11H2,1-2H3. The monoisotopic (exact) mass is 254 g/mol. The molecule has 0 amide bonds. The third-order valence-corrected chi connectivity index (χ3v) is 5.03. The predicted molar refractivity (Wildman–Crippen MR) is 75.7 cm³/mol. The van der Waals surface area contributed by atoms with Crippen molar-refractivity contribution in [3.05, 3.63) is 0 Å². The Kier molecular flexibility index (Phi) is 5.46. The van der Waals surface area contributed by atoms with Gasteiger partial charge < -0.3 is 10.4 Å². The average molecular weight is 254 g/mol. The van der Waals surface area contributed by atoms with E-state index in [9.17, 15) is 5.11 Å². The zero-order valence-corrected chi connectivity index (χ0v) is 12.1. The fraction of sp³-hybridized carbons (Fsp3) is 1.00. The molecular formula is C15H30N2O. The van der Waals surface area contributed by atoms with E-state index in [1.54, 1.807) is 0 Å². The molecule has 0 spiro atoms. The van der Waals surface area contributed by atoms with Gasteiger partial charge in [0, 0.05) is 18.6 Å². The van der Waals surface area contributed by atoms with Crippen LogP contribution in [-0.4, -0.2) is 48.3 Å². The summed E-state index contributed by atoms with van der Waals surface area (Å²) in [7, 11) is 0. The molecule has 2 aliphatic rings. The molecule has 0 aromatic heterocycles. The maximum absolute atomic E-state index is 9.55. The largest absolute Gasteiger partial charge is 0.395 e. The molecule has 0 aromatic carbocycles. The first-order valence-electron chi connectivity index (χ1n) is 7.84. The Morgan fingerprint density at radius 3 is 2.72 bits per heavy atom. The van der Waals surface area contributed by atoms with Crippen LogP contribution in [0.4, 0.5) is 0 Å². The second-order valence-electron chi connectivity index (χ2n) is 6.22. The first-order valence-corrected chi connectivity index (χ1v) is 7.84. The van der Waals surface area contributed by atoms with Crippen molar-refractivity contribution in [2.24, 2.45) is 11.8 Å². The van der Waals surface area contributed by atoms with E-state index >= 15 is 0 Å². The predicted octanol–water partition coefficient (Wildman–Crippen LogP) is 1.86. The lowest BCUT2D eigenvalue weighted by Gasteiger charge is -2.36. The van der Waals surface area contributed by atoms with Gasteiger partial charge in [0.05, 0.1) is 6.61 Å². The molecular weight excluding hydrogens is 224 g/mol.